The predicted octanol–water partition coefficient (Wildman–Crippen LogP) is 6.98. The van der Waals surface area contributed by atoms with Gasteiger partial charge < -0.3 is 29.8 Å². The molecule has 0 bridgehead atoms. The van der Waals surface area contributed by atoms with Crippen molar-refractivity contribution in [3.8, 4) is 33.6 Å². The van der Waals surface area contributed by atoms with E-state index in [2.05, 4.69) is 74.2 Å². The number of ether oxygens (including phenoxy) is 1. The zero-order chi connectivity index (χ0) is 39.7. The van der Waals surface area contributed by atoms with E-state index in [1.807, 2.05) is 43.7 Å². The number of aromatic amines is 2. The lowest BCUT2D eigenvalue weighted by Crippen LogP contribution is -2.55. The third-order valence-electron chi connectivity index (χ3n) is 11.5. The van der Waals surface area contributed by atoms with Crippen LogP contribution in [-0.2, 0) is 14.3 Å². The summed E-state index contributed by atoms with van der Waals surface area (Å²) in [7, 11) is 1.29. The van der Waals surface area contributed by atoms with E-state index in [-0.39, 0.29) is 47.3 Å². The number of benzene rings is 2. The molecule has 7 rings (SSSR count). The van der Waals surface area contributed by atoms with Gasteiger partial charge in [-0.2, -0.15) is 0 Å². The normalized spacial score (nSPS) is 19.1. The molecule has 2 aromatic heterocycles. The molecule has 14 heteroatoms. The lowest BCUT2D eigenvalue weighted by Gasteiger charge is -2.33. The van der Waals surface area contributed by atoms with E-state index in [1.54, 1.807) is 13.1 Å². The molecule has 3 atom stereocenters. The Balaban J connectivity index is 1.02. The Hall–Kier alpha value is -5.66. The van der Waals surface area contributed by atoms with E-state index in [4.69, 9.17) is 9.72 Å². The fourth-order valence-electron chi connectivity index (χ4n) is 7.97. The molecular formula is C42H53N9O5. The molecule has 0 unspecified atom stereocenters. The highest BCUT2D eigenvalue weighted by atomic mass is 16.5. The fourth-order valence-corrected chi connectivity index (χ4v) is 7.97. The number of carbonyl (C=O) groups excluding carboxylic acids is 4. The Labute approximate surface area is 327 Å². The number of methoxy groups -OCH3 is 1. The Morgan fingerprint density at radius 3 is 1.91 bits per heavy atom. The first kappa shape index (κ1) is 38.6. The van der Waals surface area contributed by atoms with Crippen LogP contribution >= 0.6 is 0 Å². The van der Waals surface area contributed by atoms with E-state index >= 15 is 0 Å². The van der Waals surface area contributed by atoms with Crippen LogP contribution in [0.1, 0.15) is 96.9 Å². The van der Waals surface area contributed by atoms with E-state index in [0.717, 1.165) is 77.4 Å². The summed E-state index contributed by atoms with van der Waals surface area (Å²) in [6, 6.07) is 15.1. The molecule has 3 aliphatic rings. The first-order valence-corrected chi connectivity index (χ1v) is 19.8. The second-order valence-corrected chi connectivity index (χ2v) is 16.0. The highest BCUT2D eigenvalue weighted by Crippen LogP contribution is 2.58. The van der Waals surface area contributed by atoms with Crippen LogP contribution in [0.3, 0.4) is 0 Å². The summed E-state index contributed by atoms with van der Waals surface area (Å²) in [5.74, 6) is 1.05. The molecule has 0 radical (unpaired) electrons. The number of aromatic nitrogens is 4. The van der Waals surface area contributed by atoms with Gasteiger partial charge in [0, 0.05) is 25.6 Å². The van der Waals surface area contributed by atoms with Crippen molar-refractivity contribution < 1.29 is 23.9 Å². The van der Waals surface area contributed by atoms with E-state index in [9.17, 15) is 19.2 Å². The monoisotopic (exact) mass is 763 g/mol. The number of H-pyrrole nitrogens is 2. The van der Waals surface area contributed by atoms with E-state index < -0.39 is 12.1 Å². The molecule has 2 aliphatic heterocycles. The minimum atomic E-state index is -0.685. The summed E-state index contributed by atoms with van der Waals surface area (Å²) in [5, 5.41) is 4.15. The van der Waals surface area contributed by atoms with Crippen molar-refractivity contribution >= 4 is 23.9 Å². The largest absolute Gasteiger partial charge is 0.453 e. The minimum Gasteiger partial charge on any atom is -0.453 e. The fraction of sp³-hybridized carbons (Fsp3) is 0.476. The third-order valence-corrected chi connectivity index (χ3v) is 11.5. The van der Waals surface area contributed by atoms with Gasteiger partial charge in [0.15, 0.2) is 0 Å². The number of nitrogens with zero attached hydrogens (tertiary/aromatic N) is 5. The first-order valence-electron chi connectivity index (χ1n) is 19.8. The van der Waals surface area contributed by atoms with Crippen LogP contribution in [-0.4, -0.2) is 91.0 Å². The molecule has 4 aromatic rings. The SMILES string of the molecule is CCC(=O)NN(C(=O)N1CC2(CC2)C[C@H]1c1ncc(-c2ccc(-c3ccc(-c4cnc([C@@H]5CCCN5C(=O)[C@@H](NC(=O)OC)C(C)C)[nH]4)cc3)cc2)[nH]1)C(C)C. The summed E-state index contributed by atoms with van der Waals surface area (Å²) < 4.78 is 4.76. The van der Waals surface area contributed by atoms with Crippen molar-refractivity contribution in [2.24, 2.45) is 11.3 Å². The summed E-state index contributed by atoms with van der Waals surface area (Å²) >= 11 is 0. The maximum Gasteiger partial charge on any atom is 0.407 e. The summed E-state index contributed by atoms with van der Waals surface area (Å²) in [4.78, 5) is 71.7. The van der Waals surface area contributed by atoms with Gasteiger partial charge in [0.05, 0.1) is 43.0 Å². The molecule has 56 heavy (non-hydrogen) atoms. The maximum atomic E-state index is 13.8. The smallest absolute Gasteiger partial charge is 0.407 e. The highest BCUT2D eigenvalue weighted by molar-refractivity contribution is 5.86. The molecular weight excluding hydrogens is 711 g/mol. The van der Waals surface area contributed by atoms with Gasteiger partial charge >= 0.3 is 12.1 Å². The van der Waals surface area contributed by atoms with Crippen molar-refractivity contribution in [1.29, 1.82) is 0 Å². The molecule has 14 nitrogen and oxygen atoms in total. The van der Waals surface area contributed by atoms with Crippen LogP contribution < -0.4 is 10.7 Å². The van der Waals surface area contributed by atoms with Gasteiger partial charge in [-0.3, -0.25) is 15.0 Å². The number of hydrogen-bond donors (Lipinski definition) is 4. The van der Waals surface area contributed by atoms with Gasteiger partial charge in [-0.1, -0.05) is 69.3 Å². The summed E-state index contributed by atoms with van der Waals surface area (Å²) in [5.41, 5.74) is 8.77. The number of urea groups is 1. The number of amides is 5. The molecule has 1 spiro atoms. The van der Waals surface area contributed by atoms with Gasteiger partial charge in [0.2, 0.25) is 11.8 Å². The number of nitrogens with one attached hydrogen (secondary N) is 4. The lowest BCUT2D eigenvalue weighted by molar-refractivity contribution is -0.135. The zero-order valence-corrected chi connectivity index (χ0v) is 33.1. The summed E-state index contributed by atoms with van der Waals surface area (Å²) in [6.45, 7) is 10.6. The number of alkyl carbamates (subject to hydrolysis) is 1. The van der Waals surface area contributed by atoms with Crippen LogP contribution in [0.4, 0.5) is 9.59 Å². The number of imidazole rings is 2. The topological polar surface area (TPSA) is 169 Å². The van der Waals surface area contributed by atoms with Crippen LogP contribution in [0.5, 0.6) is 0 Å². The van der Waals surface area contributed by atoms with Crippen LogP contribution in [0, 0.1) is 11.3 Å². The van der Waals surface area contributed by atoms with E-state index in [0.29, 0.717) is 19.5 Å². The molecule has 4 heterocycles. The standard InChI is InChI=1S/C42H53N9O5/c1-7-35(52)48-51(26(4)5)41(55)50-24-42(18-19-42)21-34(50)38-44-23-32(46-38)30-16-12-28(13-17-30)27-10-14-29(15-11-27)31-22-43-37(45-31)33-9-8-20-49(33)39(53)36(25(2)3)47-40(54)56-6/h10-17,22-23,25-26,33-34,36H,7-9,18-21,24H2,1-6H3,(H,43,45)(H,44,46)(H,47,54)(H,48,52)/t33-,34-,36-/m0/s1. The number of likely N-dealkylation sites (tertiary alicyclic amines) is 2. The maximum absolute atomic E-state index is 13.8. The van der Waals surface area contributed by atoms with Crippen molar-refractivity contribution in [3.05, 3.63) is 72.6 Å². The molecule has 2 aromatic carbocycles. The highest BCUT2D eigenvalue weighted by Gasteiger charge is 2.55. The third kappa shape index (κ3) is 7.87. The number of hydrogen-bond acceptors (Lipinski definition) is 7. The molecule has 4 N–H and O–H groups in total. The zero-order valence-electron chi connectivity index (χ0n) is 33.1. The second-order valence-electron chi connectivity index (χ2n) is 16.0. The van der Waals surface area contributed by atoms with Gasteiger partial charge in [-0.25, -0.2) is 24.6 Å². The number of rotatable bonds is 10. The van der Waals surface area contributed by atoms with Gasteiger partial charge in [0.25, 0.3) is 0 Å². The van der Waals surface area contributed by atoms with Crippen molar-refractivity contribution in [2.45, 2.75) is 97.3 Å². The van der Waals surface area contributed by atoms with Crippen molar-refractivity contribution in [3.63, 3.8) is 0 Å². The molecule has 1 saturated carbocycles. The van der Waals surface area contributed by atoms with Gasteiger partial charge in [0.1, 0.15) is 17.7 Å². The van der Waals surface area contributed by atoms with E-state index in [1.165, 1.54) is 12.1 Å². The average Bonchev–Trinajstić information content (AvgIpc) is 3.73. The quantitative estimate of drug-likeness (QED) is 0.126. The first-order chi connectivity index (χ1) is 26.9. The van der Waals surface area contributed by atoms with Crippen LogP contribution in [0.15, 0.2) is 60.9 Å². The average molecular weight is 764 g/mol. The van der Waals surface area contributed by atoms with Crippen molar-refractivity contribution in [1.82, 2.24) is 45.5 Å². The van der Waals surface area contributed by atoms with Gasteiger partial charge in [-0.15, -0.1) is 0 Å². The Morgan fingerprint density at radius 1 is 0.857 bits per heavy atom. The second kappa shape index (κ2) is 15.8. The van der Waals surface area contributed by atoms with Gasteiger partial charge in [-0.05, 0) is 79.5 Å². The lowest BCUT2D eigenvalue weighted by atomic mass is 10.0. The minimum absolute atomic E-state index is 0.103. The molecule has 1 aliphatic carbocycles. The predicted molar refractivity (Wildman–Crippen MR) is 211 cm³/mol. The number of hydrazine groups is 1. The van der Waals surface area contributed by atoms with Crippen LogP contribution in [0.2, 0.25) is 0 Å². The van der Waals surface area contributed by atoms with Crippen LogP contribution in [0.25, 0.3) is 33.6 Å². The molecule has 3 fully saturated rings. The number of carbonyl (C=O) groups is 4. The summed E-state index contributed by atoms with van der Waals surface area (Å²) in [6.07, 6.45) is 7.98. The van der Waals surface area contributed by atoms with Crippen molar-refractivity contribution in [2.75, 3.05) is 20.2 Å². The Kier molecular flexibility index (Phi) is 10.9. The Morgan fingerprint density at radius 2 is 1.41 bits per heavy atom. The molecule has 2 saturated heterocycles. The molecule has 296 valence electrons. The Bertz CT molecular complexity index is 2050. The molecule has 5 amide bonds.